The van der Waals surface area contributed by atoms with E-state index in [1.165, 1.54) is 4.90 Å². The normalized spacial score (nSPS) is 16.6. The van der Waals surface area contributed by atoms with Crippen LogP contribution in [0.5, 0.6) is 0 Å². The molecule has 96 valence electrons. The third-order valence-electron chi connectivity index (χ3n) is 3.05. The number of carbonyl (C=O) groups is 1. The van der Waals surface area contributed by atoms with Crippen LogP contribution in [0.1, 0.15) is 13.3 Å². The summed E-state index contributed by atoms with van der Waals surface area (Å²) in [5, 5.41) is 2.83. The van der Waals surface area contributed by atoms with Gasteiger partial charge in [-0.05, 0) is 25.1 Å². The summed E-state index contributed by atoms with van der Waals surface area (Å²) >= 11 is 1.72. The van der Waals surface area contributed by atoms with E-state index in [0.717, 1.165) is 21.9 Å². The summed E-state index contributed by atoms with van der Waals surface area (Å²) in [6.45, 7) is 2.57. The maximum Gasteiger partial charge on any atom is 0.247 e. The molecule has 0 spiro atoms. The average molecular weight is 270 g/mol. The number of rotatable bonds is 2. The molecule has 0 bridgehead atoms. The Bertz CT molecular complexity index is 629. The summed E-state index contributed by atoms with van der Waals surface area (Å²) in [5.41, 5.74) is 2.77. The van der Waals surface area contributed by atoms with Gasteiger partial charge in [0.25, 0.3) is 0 Å². The molecule has 0 radical (unpaired) electrons. The van der Waals surface area contributed by atoms with E-state index < -0.39 is 0 Å². The number of nitrogens with one attached hydrogen (secondary N) is 1. The number of para-hydroxylation sites is 1. The summed E-state index contributed by atoms with van der Waals surface area (Å²) in [6.07, 6.45) is 4.51. The quantitative estimate of drug-likeness (QED) is 0.896. The fourth-order valence-electron chi connectivity index (χ4n) is 2.12. The lowest BCUT2D eigenvalue weighted by Crippen LogP contribution is -2.26. The fourth-order valence-corrected chi connectivity index (χ4v) is 3.09. The molecule has 1 aromatic rings. The molecule has 19 heavy (non-hydrogen) atoms. The minimum atomic E-state index is 0.00404. The highest BCUT2D eigenvalue weighted by Crippen LogP contribution is 2.42. The number of carbonyl (C=O) groups excluding carboxylic acids is 1. The number of benzene rings is 1. The van der Waals surface area contributed by atoms with Crippen LogP contribution in [0.25, 0.3) is 0 Å². The molecule has 1 N–H and O–H groups in total. The van der Waals surface area contributed by atoms with E-state index in [4.69, 9.17) is 0 Å². The van der Waals surface area contributed by atoms with Crippen molar-refractivity contribution in [3.63, 3.8) is 0 Å². The Morgan fingerprint density at radius 1 is 1.37 bits per heavy atom. The zero-order valence-corrected chi connectivity index (χ0v) is 11.5. The number of aliphatic imine (C=N–C) groups is 1. The van der Waals surface area contributed by atoms with Gasteiger partial charge in [0.05, 0.1) is 11.4 Å². The van der Waals surface area contributed by atoms with Gasteiger partial charge < -0.3 is 5.32 Å². The molecule has 4 heteroatoms. The van der Waals surface area contributed by atoms with Crippen LogP contribution in [0.2, 0.25) is 0 Å². The molecule has 1 aliphatic carbocycles. The molecule has 0 fully saturated rings. The number of fused-ring (bicyclic) bond motifs is 2. The summed E-state index contributed by atoms with van der Waals surface area (Å²) in [7, 11) is 0. The van der Waals surface area contributed by atoms with Gasteiger partial charge in [-0.1, -0.05) is 30.0 Å². The highest BCUT2D eigenvalue weighted by molar-refractivity contribution is 8.04. The van der Waals surface area contributed by atoms with E-state index in [2.05, 4.69) is 16.4 Å². The molecule has 0 aromatic heterocycles. The summed E-state index contributed by atoms with van der Waals surface area (Å²) in [5.74, 6) is 0.00404. The topological polar surface area (TPSA) is 41.5 Å². The van der Waals surface area contributed by atoms with Gasteiger partial charge in [-0.3, -0.25) is 9.79 Å². The number of amides is 1. The van der Waals surface area contributed by atoms with Crippen molar-refractivity contribution in [2.24, 2.45) is 4.99 Å². The van der Waals surface area contributed by atoms with E-state index in [0.29, 0.717) is 13.0 Å². The van der Waals surface area contributed by atoms with Crippen molar-refractivity contribution in [3.8, 4) is 0 Å². The molecule has 2 aliphatic rings. The van der Waals surface area contributed by atoms with Crippen molar-refractivity contribution < 1.29 is 4.79 Å². The Kier molecular flexibility index (Phi) is 3.25. The zero-order valence-electron chi connectivity index (χ0n) is 10.6. The highest BCUT2D eigenvalue weighted by Gasteiger charge is 2.23. The van der Waals surface area contributed by atoms with Gasteiger partial charge in [0.1, 0.15) is 0 Å². The molecule has 1 heterocycles. The monoisotopic (exact) mass is 270 g/mol. The third kappa shape index (κ3) is 2.36. The predicted molar refractivity (Wildman–Crippen MR) is 78.9 cm³/mol. The van der Waals surface area contributed by atoms with Crippen LogP contribution in [-0.4, -0.2) is 18.2 Å². The van der Waals surface area contributed by atoms with Crippen LogP contribution in [0.15, 0.2) is 56.8 Å². The lowest BCUT2D eigenvalue weighted by atomic mass is 10.0. The van der Waals surface area contributed by atoms with E-state index in [9.17, 15) is 4.79 Å². The molecule has 3 rings (SSSR count). The molecule has 1 aromatic carbocycles. The molecule has 0 unspecified atom stereocenters. The second kappa shape index (κ2) is 5.05. The van der Waals surface area contributed by atoms with Crippen LogP contribution in [0, 0.1) is 0 Å². The van der Waals surface area contributed by atoms with E-state index >= 15 is 0 Å². The number of nitrogens with zero attached hydrogens (tertiary/aromatic N) is 1. The van der Waals surface area contributed by atoms with Crippen molar-refractivity contribution in [2.45, 2.75) is 18.2 Å². The first-order valence-electron chi connectivity index (χ1n) is 6.32. The van der Waals surface area contributed by atoms with Crippen LogP contribution < -0.4 is 5.32 Å². The lowest BCUT2D eigenvalue weighted by Gasteiger charge is -2.21. The fraction of sp³-hybridized carbons (Fsp3) is 0.200. The third-order valence-corrected chi connectivity index (χ3v) is 4.20. The Balaban J connectivity index is 1.91. The predicted octanol–water partition coefficient (Wildman–Crippen LogP) is 3.21. The minimum absolute atomic E-state index is 0.00404. The minimum Gasteiger partial charge on any atom is -0.353 e. The Labute approximate surface area is 116 Å². The standard InChI is InChI=1S/C15H14N2OS/c1-2-16-15(18)10-7-8-14-12(9-10)17-11-5-3-4-6-13(11)19-14/h3-8H,2,9H2,1H3,(H,16,18). The van der Waals surface area contributed by atoms with Gasteiger partial charge in [0, 0.05) is 28.3 Å². The second-order valence-corrected chi connectivity index (χ2v) is 5.47. The number of allylic oxidation sites excluding steroid dienone is 3. The molecule has 0 saturated heterocycles. The first-order valence-corrected chi connectivity index (χ1v) is 7.13. The maximum absolute atomic E-state index is 11.8. The van der Waals surface area contributed by atoms with Crippen LogP contribution in [0.3, 0.4) is 0 Å². The first-order chi connectivity index (χ1) is 9.28. The molecular formula is C15H14N2OS. The number of hydrogen-bond donors (Lipinski definition) is 1. The van der Waals surface area contributed by atoms with Crippen molar-refractivity contribution in [3.05, 3.63) is 46.9 Å². The van der Waals surface area contributed by atoms with E-state index in [1.54, 1.807) is 11.8 Å². The summed E-state index contributed by atoms with van der Waals surface area (Å²) < 4.78 is 0. The number of hydrogen-bond acceptors (Lipinski definition) is 3. The Morgan fingerprint density at radius 2 is 2.21 bits per heavy atom. The van der Waals surface area contributed by atoms with Crippen LogP contribution in [0.4, 0.5) is 5.69 Å². The zero-order chi connectivity index (χ0) is 13.2. The van der Waals surface area contributed by atoms with Gasteiger partial charge in [-0.25, -0.2) is 0 Å². The van der Waals surface area contributed by atoms with Gasteiger partial charge in [-0.15, -0.1) is 0 Å². The molecule has 3 nitrogen and oxygen atoms in total. The van der Waals surface area contributed by atoms with Gasteiger partial charge in [0.2, 0.25) is 5.91 Å². The average Bonchev–Trinajstić information content (AvgIpc) is 2.44. The van der Waals surface area contributed by atoms with Crippen molar-refractivity contribution in [1.82, 2.24) is 5.32 Å². The van der Waals surface area contributed by atoms with Gasteiger partial charge in [0.15, 0.2) is 0 Å². The Morgan fingerprint density at radius 3 is 3.05 bits per heavy atom. The van der Waals surface area contributed by atoms with Crippen molar-refractivity contribution in [1.29, 1.82) is 0 Å². The van der Waals surface area contributed by atoms with E-state index in [-0.39, 0.29) is 5.91 Å². The number of thioether (sulfide) groups is 1. The Hall–Kier alpha value is -1.81. The summed E-state index contributed by atoms with van der Waals surface area (Å²) in [6, 6.07) is 8.09. The second-order valence-electron chi connectivity index (χ2n) is 4.39. The lowest BCUT2D eigenvalue weighted by molar-refractivity contribution is -0.117. The van der Waals surface area contributed by atoms with Crippen LogP contribution >= 0.6 is 11.8 Å². The molecule has 1 amide bonds. The van der Waals surface area contributed by atoms with Crippen molar-refractivity contribution >= 4 is 29.1 Å². The maximum atomic E-state index is 11.8. The molecular weight excluding hydrogens is 256 g/mol. The number of likely N-dealkylation sites (N-methyl/N-ethyl adjacent to an activating group) is 1. The highest BCUT2D eigenvalue weighted by atomic mass is 32.2. The van der Waals surface area contributed by atoms with Gasteiger partial charge in [-0.2, -0.15) is 0 Å². The molecule has 0 atom stereocenters. The molecule has 1 aliphatic heterocycles. The first kappa shape index (κ1) is 12.2. The SMILES string of the molecule is CCNC(=O)C1=CC=C2Sc3ccccc3N=C2C1. The summed E-state index contributed by atoms with van der Waals surface area (Å²) in [4.78, 5) is 18.8. The van der Waals surface area contributed by atoms with Crippen LogP contribution in [-0.2, 0) is 4.79 Å². The van der Waals surface area contributed by atoms with Crippen molar-refractivity contribution in [2.75, 3.05) is 6.54 Å². The van der Waals surface area contributed by atoms with E-state index in [1.807, 2.05) is 37.3 Å². The van der Waals surface area contributed by atoms with Gasteiger partial charge >= 0.3 is 0 Å². The smallest absolute Gasteiger partial charge is 0.247 e. The molecule has 0 saturated carbocycles. The largest absolute Gasteiger partial charge is 0.353 e.